The Morgan fingerprint density at radius 1 is 1.45 bits per heavy atom. The highest BCUT2D eigenvalue weighted by atomic mass is 32.2. The predicted molar refractivity (Wildman–Crippen MR) is 38.3 cm³/mol. The summed E-state index contributed by atoms with van der Waals surface area (Å²) in [4.78, 5) is 0. The van der Waals surface area contributed by atoms with Crippen LogP contribution in [-0.4, -0.2) is 32.4 Å². The van der Waals surface area contributed by atoms with Gasteiger partial charge in [0.25, 0.3) is 5.92 Å². The largest absolute Gasteiger partial charge is 0.325 e. The van der Waals surface area contributed by atoms with Gasteiger partial charge in [0.05, 0.1) is 6.54 Å². The van der Waals surface area contributed by atoms with Gasteiger partial charge in [-0.2, -0.15) is 0 Å². The number of sulfone groups is 1. The summed E-state index contributed by atoms with van der Waals surface area (Å²) in [6.45, 7) is 0.397. The highest BCUT2D eigenvalue weighted by Crippen LogP contribution is 2.14. The van der Waals surface area contributed by atoms with E-state index in [-0.39, 0.29) is 5.75 Å². The molecular formula is C5H11F2NO2S. The number of halogens is 2. The second-order valence-electron chi connectivity index (χ2n) is 2.24. The van der Waals surface area contributed by atoms with Crippen LogP contribution >= 0.6 is 0 Å². The average molecular weight is 187 g/mol. The monoisotopic (exact) mass is 187 g/mol. The van der Waals surface area contributed by atoms with E-state index in [1.165, 1.54) is 6.92 Å². The first kappa shape index (κ1) is 10.8. The van der Waals surface area contributed by atoms with Crippen molar-refractivity contribution >= 4 is 9.84 Å². The lowest BCUT2D eigenvalue weighted by atomic mass is 10.4. The van der Waals surface area contributed by atoms with Crippen molar-refractivity contribution in [3.8, 4) is 0 Å². The van der Waals surface area contributed by atoms with Crippen LogP contribution in [0.25, 0.3) is 0 Å². The van der Waals surface area contributed by atoms with Gasteiger partial charge in [-0.3, -0.25) is 0 Å². The Morgan fingerprint density at radius 2 is 1.91 bits per heavy atom. The zero-order chi connectivity index (χ0) is 9.12. The van der Waals surface area contributed by atoms with Gasteiger partial charge in [-0.15, -0.1) is 0 Å². The van der Waals surface area contributed by atoms with Crippen LogP contribution in [0.2, 0.25) is 0 Å². The van der Waals surface area contributed by atoms with E-state index in [1.54, 1.807) is 0 Å². The number of alkyl halides is 2. The number of nitrogens with two attached hydrogens (primary N) is 1. The highest BCUT2D eigenvalue weighted by molar-refractivity contribution is 7.91. The zero-order valence-electron chi connectivity index (χ0n) is 6.18. The normalized spacial score (nSPS) is 13.5. The summed E-state index contributed by atoms with van der Waals surface area (Å²) in [5.41, 5.74) is 4.65. The molecule has 0 aliphatic carbocycles. The molecule has 0 heterocycles. The van der Waals surface area contributed by atoms with Crippen LogP contribution in [0.15, 0.2) is 0 Å². The summed E-state index contributed by atoms with van der Waals surface area (Å²) in [6, 6.07) is 0. The molecule has 68 valence electrons. The second-order valence-corrected chi connectivity index (χ2v) is 4.59. The maximum Gasteiger partial charge on any atom is 0.273 e. The summed E-state index contributed by atoms with van der Waals surface area (Å²) in [6.07, 6.45) is 0. The molecule has 0 fully saturated rings. The van der Waals surface area contributed by atoms with Crippen LogP contribution in [0.4, 0.5) is 8.78 Å². The quantitative estimate of drug-likeness (QED) is 0.674. The molecule has 0 bridgehead atoms. The predicted octanol–water partition coefficient (Wildman–Crippen LogP) is 0.0151. The molecule has 0 amide bonds. The van der Waals surface area contributed by atoms with E-state index in [0.29, 0.717) is 0 Å². The van der Waals surface area contributed by atoms with E-state index in [9.17, 15) is 17.2 Å². The van der Waals surface area contributed by atoms with Crippen molar-refractivity contribution in [3.63, 3.8) is 0 Å². The van der Waals surface area contributed by atoms with Gasteiger partial charge in [0.1, 0.15) is 5.75 Å². The van der Waals surface area contributed by atoms with E-state index >= 15 is 0 Å². The van der Waals surface area contributed by atoms with Gasteiger partial charge in [-0.05, 0) is 0 Å². The molecule has 0 radical (unpaired) electrons. The van der Waals surface area contributed by atoms with Gasteiger partial charge in [0, 0.05) is 5.75 Å². The number of hydrogen-bond acceptors (Lipinski definition) is 3. The lowest BCUT2D eigenvalue weighted by molar-refractivity contribution is 0.0357. The SMILES string of the molecule is CCS(=O)(=O)CC(F)(F)CN. The van der Waals surface area contributed by atoms with Gasteiger partial charge in [-0.1, -0.05) is 6.92 Å². The average Bonchev–Trinajstić information content (AvgIpc) is 1.86. The Hall–Kier alpha value is -0.230. The Morgan fingerprint density at radius 3 is 2.18 bits per heavy atom. The summed E-state index contributed by atoms with van der Waals surface area (Å²) in [5, 5.41) is 0. The van der Waals surface area contributed by atoms with E-state index in [1.807, 2.05) is 0 Å². The molecule has 3 nitrogen and oxygen atoms in total. The Balaban J connectivity index is 4.26. The lowest BCUT2D eigenvalue weighted by Gasteiger charge is -2.12. The highest BCUT2D eigenvalue weighted by Gasteiger charge is 2.32. The van der Waals surface area contributed by atoms with Crippen LogP contribution in [0.1, 0.15) is 6.92 Å². The third kappa shape index (κ3) is 4.26. The molecule has 0 aromatic carbocycles. The molecule has 0 unspecified atom stereocenters. The van der Waals surface area contributed by atoms with Crippen molar-refractivity contribution < 1.29 is 17.2 Å². The third-order valence-electron chi connectivity index (χ3n) is 1.17. The van der Waals surface area contributed by atoms with Crippen LogP contribution in [0, 0.1) is 0 Å². The second kappa shape index (κ2) is 3.44. The van der Waals surface area contributed by atoms with Crippen LogP contribution < -0.4 is 5.73 Å². The Kier molecular flexibility index (Phi) is 3.37. The lowest BCUT2D eigenvalue weighted by Crippen LogP contribution is -2.36. The molecular weight excluding hydrogens is 176 g/mol. The van der Waals surface area contributed by atoms with Gasteiger partial charge >= 0.3 is 0 Å². The van der Waals surface area contributed by atoms with Crippen molar-refractivity contribution in [3.05, 3.63) is 0 Å². The number of rotatable bonds is 4. The Bertz CT molecular complexity index is 213. The molecule has 0 aromatic rings. The van der Waals surface area contributed by atoms with Gasteiger partial charge in [0.2, 0.25) is 0 Å². The summed E-state index contributed by atoms with van der Waals surface area (Å²) in [5.74, 6) is -4.70. The Labute approximate surface area is 64.5 Å². The third-order valence-corrected chi connectivity index (χ3v) is 2.91. The van der Waals surface area contributed by atoms with Crippen molar-refractivity contribution in [2.24, 2.45) is 5.73 Å². The molecule has 6 heteroatoms. The zero-order valence-corrected chi connectivity index (χ0v) is 7.00. The van der Waals surface area contributed by atoms with Crippen LogP contribution in [0.3, 0.4) is 0 Å². The fraction of sp³-hybridized carbons (Fsp3) is 1.00. The van der Waals surface area contributed by atoms with Crippen molar-refractivity contribution in [1.82, 2.24) is 0 Å². The molecule has 2 N–H and O–H groups in total. The van der Waals surface area contributed by atoms with Crippen molar-refractivity contribution in [2.75, 3.05) is 18.1 Å². The first-order valence-corrected chi connectivity index (χ1v) is 4.93. The van der Waals surface area contributed by atoms with Crippen LogP contribution in [-0.2, 0) is 9.84 Å². The van der Waals surface area contributed by atoms with E-state index in [2.05, 4.69) is 5.73 Å². The van der Waals surface area contributed by atoms with E-state index in [0.717, 1.165) is 0 Å². The summed E-state index contributed by atoms with van der Waals surface area (Å²) in [7, 11) is -3.62. The molecule has 0 rings (SSSR count). The number of hydrogen-bond donors (Lipinski definition) is 1. The van der Waals surface area contributed by atoms with Gasteiger partial charge < -0.3 is 5.73 Å². The minimum absolute atomic E-state index is 0.275. The summed E-state index contributed by atoms with van der Waals surface area (Å²) >= 11 is 0. The van der Waals surface area contributed by atoms with Gasteiger partial charge in [0.15, 0.2) is 9.84 Å². The topological polar surface area (TPSA) is 60.2 Å². The fourth-order valence-electron chi connectivity index (χ4n) is 0.483. The fourth-order valence-corrected chi connectivity index (χ4v) is 1.45. The van der Waals surface area contributed by atoms with Crippen molar-refractivity contribution in [1.29, 1.82) is 0 Å². The minimum atomic E-state index is -3.62. The van der Waals surface area contributed by atoms with Crippen molar-refractivity contribution in [2.45, 2.75) is 12.8 Å². The molecule has 0 aliphatic heterocycles. The molecule has 0 saturated carbocycles. The molecule has 0 atom stereocenters. The maximum absolute atomic E-state index is 12.3. The smallest absolute Gasteiger partial charge is 0.273 e. The summed E-state index contributed by atoms with van der Waals surface area (Å²) < 4.78 is 45.9. The molecule has 0 saturated heterocycles. The standard InChI is InChI=1S/C5H11F2NO2S/c1-2-11(9,10)4-5(6,7)3-8/h2-4,8H2,1H3. The van der Waals surface area contributed by atoms with E-state index in [4.69, 9.17) is 0 Å². The first-order chi connectivity index (χ1) is 4.83. The first-order valence-electron chi connectivity index (χ1n) is 3.11. The van der Waals surface area contributed by atoms with E-state index < -0.39 is 28.1 Å². The minimum Gasteiger partial charge on any atom is -0.325 e. The molecule has 0 spiro atoms. The van der Waals surface area contributed by atoms with Crippen LogP contribution in [0.5, 0.6) is 0 Å². The maximum atomic E-state index is 12.3. The van der Waals surface area contributed by atoms with Gasteiger partial charge in [-0.25, -0.2) is 17.2 Å². The molecule has 11 heavy (non-hydrogen) atoms. The molecule has 0 aliphatic rings. The molecule has 0 aromatic heterocycles.